The van der Waals surface area contributed by atoms with Crippen molar-refractivity contribution >= 4 is 11.8 Å². The molecule has 1 aliphatic carbocycles. The lowest BCUT2D eigenvalue weighted by Crippen LogP contribution is -2.59. The third-order valence-electron chi connectivity index (χ3n) is 3.98. The highest BCUT2D eigenvalue weighted by Gasteiger charge is 2.34. The van der Waals surface area contributed by atoms with Gasteiger partial charge in [-0.2, -0.15) is 0 Å². The topological polar surface area (TPSA) is 52.7 Å². The Kier molecular flexibility index (Phi) is 4.22. The highest BCUT2D eigenvalue weighted by atomic mass is 16.2. The van der Waals surface area contributed by atoms with Crippen LogP contribution in [0.15, 0.2) is 0 Å². The molecule has 1 aliphatic heterocycles. The smallest absolute Gasteiger partial charge is 0.246 e. The second-order valence-corrected chi connectivity index (χ2v) is 5.54. The quantitative estimate of drug-likeness (QED) is 0.774. The first-order valence-electron chi connectivity index (χ1n) is 6.81. The molecule has 0 aromatic rings. The van der Waals surface area contributed by atoms with Crippen molar-refractivity contribution in [2.24, 2.45) is 5.92 Å². The summed E-state index contributed by atoms with van der Waals surface area (Å²) in [6.45, 7) is 2.01. The Morgan fingerprint density at radius 2 is 2.06 bits per heavy atom. The highest BCUT2D eigenvalue weighted by Crippen LogP contribution is 2.30. The zero-order valence-corrected chi connectivity index (χ0v) is 11.3. The van der Waals surface area contributed by atoms with E-state index in [1.54, 1.807) is 23.9 Å². The minimum atomic E-state index is -0.318. The molecule has 1 N–H and O–H groups in total. The van der Waals surface area contributed by atoms with Gasteiger partial charge >= 0.3 is 0 Å². The molecule has 1 atom stereocenters. The summed E-state index contributed by atoms with van der Waals surface area (Å²) in [5.41, 5.74) is 0. The van der Waals surface area contributed by atoms with Crippen molar-refractivity contribution in [2.75, 3.05) is 33.7 Å². The summed E-state index contributed by atoms with van der Waals surface area (Å²) in [6.07, 6.45) is 4.21. The molecule has 102 valence electrons. The number of nitrogens with one attached hydrogen (secondary N) is 1. The van der Waals surface area contributed by atoms with Crippen LogP contribution in [0, 0.1) is 5.92 Å². The van der Waals surface area contributed by atoms with Gasteiger partial charge in [-0.3, -0.25) is 9.59 Å². The zero-order chi connectivity index (χ0) is 13.1. The van der Waals surface area contributed by atoms with E-state index in [2.05, 4.69) is 5.32 Å². The zero-order valence-electron chi connectivity index (χ0n) is 11.3. The second-order valence-electron chi connectivity index (χ2n) is 5.54. The summed E-state index contributed by atoms with van der Waals surface area (Å²) < 4.78 is 0. The predicted octanol–water partition coefficient (Wildman–Crippen LogP) is 0.0652. The summed E-state index contributed by atoms with van der Waals surface area (Å²) in [5.74, 6) is 0.730. The Bertz CT molecular complexity index is 326. The number of carbonyl (C=O) groups is 2. The maximum absolute atomic E-state index is 12.3. The fraction of sp³-hybridized carbons (Fsp3) is 0.846. The molecule has 1 saturated heterocycles. The van der Waals surface area contributed by atoms with Gasteiger partial charge < -0.3 is 15.1 Å². The molecular formula is C13H23N3O2. The van der Waals surface area contributed by atoms with Crippen LogP contribution < -0.4 is 5.32 Å². The normalized spacial score (nSPS) is 24.6. The van der Waals surface area contributed by atoms with Gasteiger partial charge in [-0.25, -0.2) is 0 Å². The van der Waals surface area contributed by atoms with E-state index in [4.69, 9.17) is 0 Å². The lowest BCUT2D eigenvalue weighted by atomic mass is 9.82. The SMILES string of the molecule is CN(C)C(=O)C1CNCCN1C(=O)CC1CCC1. The molecule has 18 heavy (non-hydrogen) atoms. The Hall–Kier alpha value is -1.10. The molecule has 2 amide bonds. The van der Waals surface area contributed by atoms with E-state index in [1.807, 2.05) is 0 Å². The first-order chi connectivity index (χ1) is 8.59. The van der Waals surface area contributed by atoms with E-state index in [0.717, 1.165) is 6.54 Å². The number of carbonyl (C=O) groups excluding carboxylic acids is 2. The molecular weight excluding hydrogens is 230 g/mol. The minimum Gasteiger partial charge on any atom is -0.347 e. The van der Waals surface area contributed by atoms with Crippen LogP contribution in [-0.4, -0.2) is 61.4 Å². The van der Waals surface area contributed by atoms with E-state index in [-0.39, 0.29) is 17.9 Å². The Morgan fingerprint density at radius 1 is 1.33 bits per heavy atom. The molecule has 1 unspecified atom stereocenters. The summed E-state index contributed by atoms with van der Waals surface area (Å²) in [7, 11) is 3.48. The summed E-state index contributed by atoms with van der Waals surface area (Å²) in [4.78, 5) is 27.7. The highest BCUT2D eigenvalue weighted by molar-refractivity contribution is 5.88. The molecule has 2 rings (SSSR count). The lowest BCUT2D eigenvalue weighted by molar-refractivity contribution is -0.146. The fourth-order valence-electron chi connectivity index (χ4n) is 2.58. The molecule has 0 radical (unpaired) electrons. The van der Waals surface area contributed by atoms with Crippen LogP contribution in [0.2, 0.25) is 0 Å². The molecule has 0 aromatic carbocycles. The van der Waals surface area contributed by atoms with Crippen molar-refractivity contribution in [3.05, 3.63) is 0 Å². The van der Waals surface area contributed by atoms with Gasteiger partial charge in [-0.05, 0) is 18.8 Å². The molecule has 0 bridgehead atoms. The number of amides is 2. The molecule has 1 saturated carbocycles. The summed E-state index contributed by atoms with van der Waals surface area (Å²) >= 11 is 0. The van der Waals surface area contributed by atoms with Crippen LogP contribution in [0.4, 0.5) is 0 Å². The number of rotatable bonds is 3. The standard InChI is InChI=1S/C13H23N3O2/c1-15(2)13(18)11-9-14-6-7-16(11)12(17)8-10-4-3-5-10/h10-11,14H,3-9H2,1-2H3. The van der Waals surface area contributed by atoms with E-state index >= 15 is 0 Å². The molecule has 1 heterocycles. The molecule has 5 nitrogen and oxygen atoms in total. The van der Waals surface area contributed by atoms with Gasteiger partial charge in [0.25, 0.3) is 0 Å². The maximum atomic E-state index is 12.3. The third kappa shape index (κ3) is 2.83. The molecule has 5 heteroatoms. The Balaban J connectivity index is 1.97. The summed E-state index contributed by atoms with van der Waals surface area (Å²) in [6, 6.07) is -0.318. The minimum absolute atomic E-state index is 0.0177. The molecule has 2 aliphatic rings. The average molecular weight is 253 g/mol. The van der Waals surface area contributed by atoms with Crippen LogP contribution >= 0.6 is 0 Å². The maximum Gasteiger partial charge on any atom is 0.246 e. The van der Waals surface area contributed by atoms with Gasteiger partial charge in [0.05, 0.1) is 0 Å². The van der Waals surface area contributed by atoms with Gasteiger partial charge in [0.1, 0.15) is 6.04 Å². The van der Waals surface area contributed by atoms with Crippen molar-refractivity contribution in [1.82, 2.24) is 15.1 Å². The van der Waals surface area contributed by atoms with Crippen molar-refractivity contribution in [1.29, 1.82) is 0 Å². The van der Waals surface area contributed by atoms with Gasteiger partial charge in [0.2, 0.25) is 11.8 Å². The van der Waals surface area contributed by atoms with Crippen LogP contribution in [0.1, 0.15) is 25.7 Å². The van der Waals surface area contributed by atoms with E-state index in [9.17, 15) is 9.59 Å². The van der Waals surface area contributed by atoms with Gasteiger partial charge in [0, 0.05) is 40.2 Å². The first kappa shape index (κ1) is 13.3. The molecule has 0 aromatic heterocycles. The van der Waals surface area contributed by atoms with E-state index < -0.39 is 0 Å². The molecule has 2 fully saturated rings. The number of likely N-dealkylation sites (N-methyl/N-ethyl adjacent to an activating group) is 1. The largest absolute Gasteiger partial charge is 0.347 e. The van der Waals surface area contributed by atoms with Gasteiger partial charge in [-0.15, -0.1) is 0 Å². The van der Waals surface area contributed by atoms with Crippen molar-refractivity contribution in [3.8, 4) is 0 Å². The van der Waals surface area contributed by atoms with Gasteiger partial charge in [0.15, 0.2) is 0 Å². The van der Waals surface area contributed by atoms with Crippen LogP contribution in [0.5, 0.6) is 0 Å². The second kappa shape index (κ2) is 5.69. The van der Waals surface area contributed by atoms with Crippen LogP contribution in [0.25, 0.3) is 0 Å². The van der Waals surface area contributed by atoms with Crippen LogP contribution in [-0.2, 0) is 9.59 Å². The van der Waals surface area contributed by atoms with Crippen molar-refractivity contribution in [3.63, 3.8) is 0 Å². The van der Waals surface area contributed by atoms with Crippen molar-refractivity contribution in [2.45, 2.75) is 31.7 Å². The lowest BCUT2D eigenvalue weighted by Gasteiger charge is -2.38. The number of hydrogen-bond donors (Lipinski definition) is 1. The van der Waals surface area contributed by atoms with E-state index in [1.165, 1.54) is 19.3 Å². The Labute approximate surface area is 108 Å². The van der Waals surface area contributed by atoms with Crippen molar-refractivity contribution < 1.29 is 9.59 Å². The first-order valence-corrected chi connectivity index (χ1v) is 6.81. The molecule has 0 spiro atoms. The monoisotopic (exact) mass is 253 g/mol. The fourth-order valence-corrected chi connectivity index (χ4v) is 2.58. The third-order valence-corrected chi connectivity index (χ3v) is 3.98. The Morgan fingerprint density at radius 3 is 2.61 bits per heavy atom. The van der Waals surface area contributed by atoms with Gasteiger partial charge in [-0.1, -0.05) is 6.42 Å². The number of nitrogens with zero attached hydrogens (tertiary/aromatic N) is 2. The average Bonchev–Trinajstić information content (AvgIpc) is 2.32. The number of piperazine rings is 1. The van der Waals surface area contributed by atoms with E-state index in [0.29, 0.717) is 25.4 Å². The predicted molar refractivity (Wildman–Crippen MR) is 69.0 cm³/mol. The number of hydrogen-bond acceptors (Lipinski definition) is 3. The van der Waals surface area contributed by atoms with Crippen LogP contribution in [0.3, 0.4) is 0 Å². The summed E-state index contributed by atoms with van der Waals surface area (Å²) in [5, 5.41) is 3.20.